The van der Waals surface area contributed by atoms with Crippen LogP contribution in [0.15, 0.2) is 12.7 Å². The van der Waals surface area contributed by atoms with Crippen LogP contribution >= 0.6 is 0 Å². The normalized spacial score (nSPS) is 23.6. The lowest BCUT2D eigenvalue weighted by Crippen LogP contribution is -2.66. The van der Waals surface area contributed by atoms with Gasteiger partial charge in [-0.05, 0) is 54.8 Å². The molecule has 4 N–H and O–H groups in total. The van der Waals surface area contributed by atoms with Crippen molar-refractivity contribution in [2.45, 2.75) is 129 Å². The summed E-state index contributed by atoms with van der Waals surface area (Å²) in [5, 5.41) is 11.2. The number of ketones is 1. The molecule has 3 aliphatic rings. The monoisotopic (exact) mass is 693 g/mol. The summed E-state index contributed by atoms with van der Waals surface area (Å²) in [5.41, 5.74) is -2.01. The molecule has 1 saturated heterocycles. The molecule has 12 nitrogen and oxygen atoms in total. The first-order valence-corrected chi connectivity index (χ1v) is 19.5. The highest BCUT2D eigenvalue weighted by molar-refractivity contribution is 7.90. The molecule has 0 aromatic carbocycles. The van der Waals surface area contributed by atoms with Crippen LogP contribution in [0, 0.1) is 22.7 Å². The summed E-state index contributed by atoms with van der Waals surface area (Å²) in [6, 6.07) is -3.62. The van der Waals surface area contributed by atoms with Crippen LogP contribution < -0.4 is 21.3 Å². The highest BCUT2D eigenvalue weighted by atomic mass is 32.2. The quantitative estimate of drug-likeness (QED) is 0.123. The first-order chi connectivity index (χ1) is 22.2. The van der Waals surface area contributed by atoms with Gasteiger partial charge in [0, 0.05) is 19.3 Å². The second-order valence-corrected chi connectivity index (χ2v) is 18.5. The van der Waals surface area contributed by atoms with Gasteiger partial charge in [-0.15, -0.1) is 6.58 Å². The van der Waals surface area contributed by atoms with Gasteiger partial charge in [0.2, 0.25) is 17.6 Å². The van der Waals surface area contributed by atoms with Crippen molar-refractivity contribution in [3.63, 3.8) is 0 Å². The molecule has 0 spiro atoms. The maximum absolute atomic E-state index is 14.5. The maximum Gasteiger partial charge on any atom is 0.315 e. The number of rotatable bonds is 14. The first-order valence-electron chi connectivity index (χ1n) is 17.5. The van der Waals surface area contributed by atoms with E-state index in [-0.39, 0.29) is 36.1 Å². The lowest BCUT2D eigenvalue weighted by molar-refractivity contribution is -0.151. The number of carbonyl (C=O) groups is 5. The maximum atomic E-state index is 14.5. The molecule has 2 unspecified atom stereocenters. The van der Waals surface area contributed by atoms with Crippen molar-refractivity contribution in [2.75, 3.05) is 25.1 Å². The minimum absolute atomic E-state index is 0.0137. The zero-order valence-electron chi connectivity index (χ0n) is 30.1. The fourth-order valence-corrected chi connectivity index (χ4v) is 8.30. The molecule has 13 heteroatoms. The molecule has 3 rings (SSSR count). The van der Waals surface area contributed by atoms with Crippen LogP contribution in [0.3, 0.4) is 0 Å². The van der Waals surface area contributed by atoms with Crippen molar-refractivity contribution in [3.05, 3.63) is 12.7 Å². The van der Waals surface area contributed by atoms with E-state index < -0.39 is 68.5 Å². The van der Waals surface area contributed by atoms with Crippen molar-refractivity contribution in [1.82, 2.24) is 26.2 Å². The van der Waals surface area contributed by atoms with E-state index in [9.17, 15) is 32.4 Å². The Kier molecular flexibility index (Phi) is 12.9. The van der Waals surface area contributed by atoms with E-state index in [1.165, 1.54) is 4.90 Å². The molecule has 0 aromatic rings. The summed E-state index contributed by atoms with van der Waals surface area (Å²) in [5.74, 6) is -2.35. The first kappa shape index (κ1) is 39.5. The van der Waals surface area contributed by atoms with Gasteiger partial charge in [0.05, 0.1) is 17.3 Å². The van der Waals surface area contributed by atoms with Gasteiger partial charge in [-0.3, -0.25) is 19.2 Å². The van der Waals surface area contributed by atoms with Crippen molar-refractivity contribution >= 4 is 39.4 Å². The molecule has 48 heavy (non-hydrogen) atoms. The van der Waals surface area contributed by atoms with Crippen LogP contribution in [-0.2, 0) is 29.0 Å². The minimum atomic E-state index is -3.40. The van der Waals surface area contributed by atoms with E-state index >= 15 is 0 Å². The van der Waals surface area contributed by atoms with Crippen molar-refractivity contribution in [3.8, 4) is 0 Å². The second kappa shape index (κ2) is 15.7. The number of nitrogens with zero attached hydrogens (tertiary/aromatic N) is 1. The number of hydrogen-bond acceptors (Lipinski definition) is 7. The van der Waals surface area contributed by atoms with Crippen LogP contribution in [0.1, 0.15) is 106 Å². The van der Waals surface area contributed by atoms with Gasteiger partial charge < -0.3 is 26.2 Å². The Morgan fingerprint density at radius 1 is 1.02 bits per heavy atom. The molecule has 272 valence electrons. The van der Waals surface area contributed by atoms with Gasteiger partial charge >= 0.3 is 6.03 Å². The second-order valence-electron chi connectivity index (χ2n) is 16.3. The number of nitrogens with one attached hydrogen (secondary N) is 4. The molecule has 0 radical (unpaired) electrons. The topological polar surface area (TPSA) is 171 Å². The molecule has 2 saturated carbocycles. The minimum Gasteiger partial charge on any atom is -0.349 e. The van der Waals surface area contributed by atoms with E-state index in [0.29, 0.717) is 32.1 Å². The third kappa shape index (κ3) is 11.0. The van der Waals surface area contributed by atoms with Gasteiger partial charge in [-0.25, -0.2) is 13.2 Å². The van der Waals surface area contributed by atoms with Crippen LogP contribution in [0.25, 0.3) is 0 Å². The Morgan fingerprint density at radius 2 is 1.65 bits per heavy atom. The zero-order valence-corrected chi connectivity index (χ0v) is 30.9. The van der Waals surface area contributed by atoms with Crippen molar-refractivity contribution < 1.29 is 32.4 Å². The molecule has 1 heterocycles. The number of amides is 5. The van der Waals surface area contributed by atoms with E-state index in [1.54, 1.807) is 6.08 Å². The number of piperidine rings is 1. The summed E-state index contributed by atoms with van der Waals surface area (Å²) >= 11 is 0. The summed E-state index contributed by atoms with van der Waals surface area (Å²) in [6.07, 6.45) is 9.39. The van der Waals surface area contributed by atoms with Gasteiger partial charge in [-0.1, -0.05) is 79.7 Å². The highest BCUT2D eigenvalue weighted by Crippen LogP contribution is 2.40. The lowest BCUT2D eigenvalue weighted by Gasteiger charge is -2.49. The Morgan fingerprint density at radius 3 is 2.19 bits per heavy atom. The predicted molar refractivity (Wildman–Crippen MR) is 186 cm³/mol. The largest absolute Gasteiger partial charge is 0.349 e. The average Bonchev–Trinajstić information content (AvgIpc) is 3.79. The number of likely N-dealkylation sites (tertiary alicyclic amines) is 1. The van der Waals surface area contributed by atoms with Crippen LogP contribution in [-0.4, -0.2) is 91.6 Å². The van der Waals surface area contributed by atoms with Crippen molar-refractivity contribution in [1.29, 1.82) is 0 Å². The molecule has 0 aromatic heterocycles. The molecule has 4 atom stereocenters. The number of urea groups is 1. The number of sulfone groups is 1. The summed E-state index contributed by atoms with van der Waals surface area (Å²) in [6.45, 7) is 15.7. The smallest absolute Gasteiger partial charge is 0.315 e. The fraction of sp³-hybridized carbons (Fsp3) is 0.800. The Bertz CT molecular complexity index is 1330. The highest BCUT2D eigenvalue weighted by Gasteiger charge is 2.48. The lowest BCUT2D eigenvalue weighted by atomic mass is 9.71. The predicted octanol–water partition coefficient (Wildman–Crippen LogP) is 3.26. The molecule has 2 aliphatic carbocycles. The van der Waals surface area contributed by atoms with Crippen LogP contribution in [0.2, 0.25) is 0 Å². The molecular formula is C35H59N5O7S. The Labute approximate surface area is 287 Å². The average molecular weight is 694 g/mol. The zero-order chi connectivity index (χ0) is 36.1. The number of Topliss-reactive ketones (excluding diaryl/α,β-unsaturated/α-hetero) is 1. The van der Waals surface area contributed by atoms with Gasteiger partial charge in [0.1, 0.15) is 21.9 Å². The standard InChI is InChI=1S/C35H59N5O7S/c1-9-10-18-36-30(43)27(41)25(19-24-14-15-24)37-29(42)26-20-34(6,7)23(2)21-40(26)31(44)28(33(3,4)5)38-32(45)39-35(22-48(8,46)47)16-12-11-13-17-35/h9,23-26,28H,1,10-22H2,2-8H3,(H,36,43)(H,37,42)(H2,38,39,45)/t23?,25?,26-,28+/m0/s1. The SMILES string of the molecule is C=CCCNC(=O)C(=O)C(CC1CC1)NC(=O)[C@@H]1CC(C)(C)C(C)CN1C(=O)[C@@H](NC(=O)NC1(CS(C)(=O)=O)CCCCC1)C(C)(C)C. The third-order valence-electron chi connectivity index (χ3n) is 10.4. The Balaban J connectivity index is 1.86. The molecule has 5 amide bonds. The number of carbonyl (C=O) groups excluding carboxylic acids is 5. The summed E-state index contributed by atoms with van der Waals surface area (Å²) < 4.78 is 24.7. The summed E-state index contributed by atoms with van der Waals surface area (Å²) in [7, 11) is -3.40. The van der Waals surface area contributed by atoms with Gasteiger partial charge in [-0.2, -0.15) is 0 Å². The van der Waals surface area contributed by atoms with E-state index in [1.807, 2.05) is 41.5 Å². The Hall–Kier alpha value is -2.96. The third-order valence-corrected chi connectivity index (χ3v) is 11.4. The van der Waals surface area contributed by atoms with Gasteiger partial charge in [0.15, 0.2) is 0 Å². The molecule has 1 aliphatic heterocycles. The summed E-state index contributed by atoms with van der Waals surface area (Å²) in [4.78, 5) is 69.6. The van der Waals surface area contributed by atoms with E-state index in [2.05, 4.69) is 27.8 Å². The van der Waals surface area contributed by atoms with Crippen molar-refractivity contribution in [2.24, 2.45) is 22.7 Å². The van der Waals surface area contributed by atoms with E-state index in [0.717, 1.165) is 38.4 Å². The molecular weight excluding hydrogens is 634 g/mol. The fourth-order valence-electron chi connectivity index (χ4n) is 6.93. The van der Waals surface area contributed by atoms with Crippen LogP contribution in [0.5, 0.6) is 0 Å². The van der Waals surface area contributed by atoms with Crippen LogP contribution in [0.4, 0.5) is 4.79 Å². The van der Waals surface area contributed by atoms with E-state index in [4.69, 9.17) is 0 Å². The molecule has 3 fully saturated rings. The number of hydrogen-bond donors (Lipinski definition) is 4. The molecule has 0 bridgehead atoms. The van der Waals surface area contributed by atoms with Gasteiger partial charge in [0.25, 0.3) is 5.91 Å².